The first-order valence-corrected chi connectivity index (χ1v) is 4.33. The average Bonchev–Trinajstić information content (AvgIpc) is 1.85. The van der Waals surface area contributed by atoms with E-state index in [4.69, 9.17) is 28.5 Å². The molecule has 56 valence electrons. The Balaban J connectivity index is 4.09. The van der Waals surface area contributed by atoms with E-state index >= 15 is 0 Å². The van der Waals surface area contributed by atoms with Crippen molar-refractivity contribution >= 4 is 35.0 Å². The highest BCUT2D eigenvalue weighted by atomic mass is 35.5. The van der Waals surface area contributed by atoms with Crippen molar-refractivity contribution in [2.75, 3.05) is 0 Å². The van der Waals surface area contributed by atoms with Gasteiger partial charge >= 0.3 is 0 Å². The summed E-state index contributed by atoms with van der Waals surface area (Å²) in [4.78, 5) is 0. The van der Waals surface area contributed by atoms with Gasteiger partial charge in [0, 0.05) is 5.25 Å². The molecule has 0 atom stereocenters. The Labute approximate surface area is 75.0 Å². The van der Waals surface area contributed by atoms with Gasteiger partial charge < -0.3 is 0 Å². The summed E-state index contributed by atoms with van der Waals surface area (Å²) in [5.41, 5.74) is 0. The standard InChI is InChI=1S/C6H7Cl2NS/c1-4(2)10-6(8)5(7)3-9/h4H,1-2H3/b6-5+. The fraction of sp³-hybridized carbons (Fsp3) is 0.500. The molecule has 0 aliphatic carbocycles. The van der Waals surface area contributed by atoms with Gasteiger partial charge in [0.05, 0.1) is 0 Å². The van der Waals surface area contributed by atoms with Crippen molar-refractivity contribution in [3.05, 3.63) is 9.40 Å². The lowest BCUT2D eigenvalue weighted by molar-refractivity contribution is 1.12. The Hall–Kier alpha value is 0.160. The van der Waals surface area contributed by atoms with E-state index in [1.54, 1.807) is 6.07 Å². The molecule has 0 aliphatic rings. The molecule has 0 spiro atoms. The molecule has 0 aliphatic heterocycles. The van der Waals surface area contributed by atoms with Gasteiger partial charge in [-0.2, -0.15) is 5.26 Å². The number of thioether (sulfide) groups is 1. The van der Waals surface area contributed by atoms with Crippen LogP contribution in [0.15, 0.2) is 9.40 Å². The second kappa shape index (κ2) is 4.90. The van der Waals surface area contributed by atoms with Crippen LogP contribution in [0.1, 0.15) is 13.8 Å². The summed E-state index contributed by atoms with van der Waals surface area (Å²) in [5, 5.41) is 8.71. The van der Waals surface area contributed by atoms with Crippen molar-refractivity contribution in [3.63, 3.8) is 0 Å². The summed E-state index contributed by atoms with van der Waals surface area (Å²) >= 11 is 12.4. The molecule has 0 aromatic carbocycles. The quantitative estimate of drug-likeness (QED) is 0.632. The second-order valence-corrected chi connectivity index (χ2v) is 4.43. The van der Waals surface area contributed by atoms with Crippen molar-refractivity contribution < 1.29 is 0 Å². The van der Waals surface area contributed by atoms with Crippen molar-refractivity contribution in [1.29, 1.82) is 5.26 Å². The number of allylic oxidation sites excluding steroid dienone is 1. The zero-order chi connectivity index (χ0) is 8.15. The lowest BCUT2D eigenvalue weighted by Crippen LogP contribution is -1.84. The highest BCUT2D eigenvalue weighted by Crippen LogP contribution is 2.29. The molecular formula is C6H7Cl2NS. The lowest BCUT2D eigenvalue weighted by atomic mass is 10.6. The summed E-state index contributed by atoms with van der Waals surface area (Å²) in [6.07, 6.45) is 0. The minimum atomic E-state index is 0.0698. The third-order valence-corrected chi connectivity index (χ3v) is 2.43. The molecule has 0 rings (SSSR count). The molecule has 0 bridgehead atoms. The van der Waals surface area contributed by atoms with Gasteiger partial charge in [0.25, 0.3) is 0 Å². The van der Waals surface area contributed by atoms with E-state index < -0.39 is 0 Å². The number of rotatable bonds is 2. The first kappa shape index (κ1) is 10.2. The molecule has 0 radical (unpaired) electrons. The van der Waals surface area contributed by atoms with Crippen molar-refractivity contribution in [2.24, 2.45) is 0 Å². The molecule has 0 N–H and O–H groups in total. The van der Waals surface area contributed by atoms with Crippen LogP contribution >= 0.6 is 35.0 Å². The SMILES string of the molecule is CC(C)S/C(Cl)=C(/Cl)C#N. The van der Waals surface area contributed by atoms with Crippen LogP contribution in [0.2, 0.25) is 0 Å². The van der Waals surface area contributed by atoms with E-state index in [0.29, 0.717) is 9.61 Å². The Kier molecular flexibility index (Phi) is 4.98. The molecule has 0 saturated carbocycles. The van der Waals surface area contributed by atoms with Crippen LogP contribution in [0.25, 0.3) is 0 Å². The summed E-state index contributed by atoms with van der Waals surface area (Å²) in [6, 6.07) is 1.76. The Morgan fingerprint density at radius 2 is 2.00 bits per heavy atom. The molecule has 1 nitrogen and oxygen atoms in total. The third kappa shape index (κ3) is 4.05. The average molecular weight is 196 g/mol. The molecule has 0 amide bonds. The summed E-state index contributed by atoms with van der Waals surface area (Å²) in [7, 11) is 0. The van der Waals surface area contributed by atoms with E-state index in [9.17, 15) is 0 Å². The molecule has 4 heteroatoms. The number of hydrogen-bond acceptors (Lipinski definition) is 2. The fourth-order valence-electron chi connectivity index (χ4n) is 0.303. The zero-order valence-corrected chi connectivity index (χ0v) is 8.02. The Bertz CT molecular complexity index is 181. The van der Waals surface area contributed by atoms with E-state index in [1.165, 1.54) is 11.8 Å². The maximum atomic E-state index is 8.28. The van der Waals surface area contributed by atoms with Crippen LogP contribution in [0.5, 0.6) is 0 Å². The van der Waals surface area contributed by atoms with Gasteiger partial charge in [-0.15, -0.1) is 11.8 Å². The number of nitrogens with zero attached hydrogens (tertiary/aromatic N) is 1. The highest BCUT2D eigenvalue weighted by molar-refractivity contribution is 8.05. The largest absolute Gasteiger partial charge is 0.191 e. The normalized spacial score (nSPS) is 12.8. The summed E-state index contributed by atoms with van der Waals surface area (Å²) < 4.78 is 0.374. The Morgan fingerprint density at radius 3 is 2.30 bits per heavy atom. The Morgan fingerprint density at radius 1 is 1.50 bits per heavy atom. The zero-order valence-electron chi connectivity index (χ0n) is 5.69. The lowest BCUT2D eigenvalue weighted by Gasteiger charge is -2.00. The molecule has 0 fully saturated rings. The van der Waals surface area contributed by atoms with E-state index in [-0.39, 0.29) is 5.03 Å². The van der Waals surface area contributed by atoms with Crippen LogP contribution < -0.4 is 0 Å². The maximum absolute atomic E-state index is 8.28. The smallest absolute Gasteiger partial charge is 0.143 e. The molecular weight excluding hydrogens is 189 g/mol. The molecule has 10 heavy (non-hydrogen) atoms. The van der Waals surface area contributed by atoms with Gasteiger partial charge in [-0.25, -0.2) is 0 Å². The van der Waals surface area contributed by atoms with Gasteiger partial charge in [0.1, 0.15) is 15.5 Å². The van der Waals surface area contributed by atoms with Crippen molar-refractivity contribution in [2.45, 2.75) is 19.1 Å². The van der Waals surface area contributed by atoms with Crippen LogP contribution in [0.3, 0.4) is 0 Å². The molecule has 0 aromatic rings. The first-order valence-electron chi connectivity index (χ1n) is 2.70. The predicted molar refractivity (Wildman–Crippen MR) is 47.1 cm³/mol. The second-order valence-electron chi connectivity index (χ2n) is 1.87. The fourth-order valence-corrected chi connectivity index (χ4v) is 1.58. The van der Waals surface area contributed by atoms with Crippen LogP contribution in [0.4, 0.5) is 0 Å². The number of hydrogen-bond donors (Lipinski definition) is 0. The van der Waals surface area contributed by atoms with Crippen LogP contribution in [-0.4, -0.2) is 5.25 Å². The minimum Gasteiger partial charge on any atom is -0.191 e. The predicted octanol–water partition coefficient (Wildman–Crippen LogP) is 3.30. The van der Waals surface area contributed by atoms with Gasteiger partial charge in [-0.3, -0.25) is 0 Å². The first-order chi connectivity index (χ1) is 4.57. The van der Waals surface area contributed by atoms with E-state index in [0.717, 1.165) is 0 Å². The van der Waals surface area contributed by atoms with E-state index in [2.05, 4.69) is 0 Å². The number of nitriles is 1. The summed E-state index contributed by atoms with van der Waals surface area (Å²) in [6.45, 7) is 3.96. The molecule has 0 unspecified atom stereocenters. The highest BCUT2D eigenvalue weighted by Gasteiger charge is 2.03. The molecule has 0 aromatic heterocycles. The van der Waals surface area contributed by atoms with Crippen LogP contribution in [-0.2, 0) is 0 Å². The van der Waals surface area contributed by atoms with Crippen molar-refractivity contribution in [1.82, 2.24) is 0 Å². The van der Waals surface area contributed by atoms with Gasteiger partial charge in [-0.1, -0.05) is 37.0 Å². The number of halogens is 2. The van der Waals surface area contributed by atoms with Crippen molar-refractivity contribution in [3.8, 4) is 6.07 Å². The third-order valence-electron chi connectivity index (χ3n) is 0.610. The summed E-state index contributed by atoms with van der Waals surface area (Å²) in [5.74, 6) is 0. The van der Waals surface area contributed by atoms with E-state index in [1.807, 2.05) is 13.8 Å². The van der Waals surface area contributed by atoms with Gasteiger partial charge in [-0.05, 0) is 0 Å². The maximum Gasteiger partial charge on any atom is 0.143 e. The topological polar surface area (TPSA) is 23.8 Å². The van der Waals surface area contributed by atoms with Gasteiger partial charge in [0.15, 0.2) is 0 Å². The van der Waals surface area contributed by atoms with Gasteiger partial charge in [0.2, 0.25) is 0 Å². The minimum absolute atomic E-state index is 0.0698. The van der Waals surface area contributed by atoms with Crippen LogP contribution in [0, 0.1) is 11.3 Å². The molecule has 0 heterocycles. The molecule has 0 saturated heterocycles. The monoisotopic (exact) mass is 195 g/mol.